The maximum Gasteiger partial charge on any atom is 0.276 e. The van der Waals surface area contributed by atoms with Crippen molar-refractivity contribution >= 4 is 28.9 Å². The lowest BCUT2D eigenvalue weighted by Gasteiger charge is -2.35. The first-order valence-electron chi connectivity index (χ1n) is 6.50. The van der Waals surface area contributed by atoms with Gasteiger partial charge in [-0.05, 0) is 30.3 Å². The van der Waals surface area contributed by atoms with Crippen molar-refractivity contribution in [3.63, 3.8) is 0 Å². The Morgan fingerprint density at radius 1 is 1.24 bits per heavy atom. The van der Waals surface area contributed by atoms with Crippen LogP contribution in [0.2, 0.25) is 5.02 Å². The third-order valence-electron chi connectivity index (χ3n) is 3.49. The summed E-state index contributed by atoms with van der Waals surface area (Å²) >= 11 is 5.78. The molecule has 1 amide bonds. The van der Waals surface area contributed by atoms with Gasteiger partial charge in [0.25, 0.3) is 5.91 Å². The van der Waals surface area contributed by atoms with Gasteiger partial charge in [0.05, 0.1) is 16.4 Å². The minimum absolute atomic E-state index is 0.215. The van der Waals surface area contributed by atoms with Crippen LogP contribution in [0.5, 0.6) is 0 Å². The number of anilines is 2. The SMILES string of the molecule is CN1CCN(C(=O)c2ccc(Cl)cn2)c2ccc(F)cc21. The second kappa shape index (κ2) is 5.33. The Labute approximate surface area is 126 Å². The van der Waals surface area contributed by atoms with E-state index in [1.807, 2.05) is 11.9 Å². The van der Waals surface area contributed by atoms with E-state index in [4.69, 9.17) is 11.6 Å². The Morgan fingerprint density at radius 3 is 2.76 bits per heavy atom. The van der Waals surface area contributed by atoms with Crippen LogP contribution in [0, 0.1) is 5.82 Å². The molecule has 0 atom stereocenters. The monoisotopic (exact) mass is 305 g/mol. The van der Waals surface area contributed by atoms with Crippen LogP contribution in [0.4, 0.5) is 15.8 Å². The van der Waals surface area contributed by atoms with Crippen molar-refractivity contribution in [2.24, 2.45) is 0 Å². The van der Waals surface area contributed by atoms with E-state index in [9.17, 15) is 9.18 Å². The van der Waals surface area contributed by atoms with E-state index in [-0.39, 0.29) is 11.7 Å². The predicted molar refractivity (Wildman–Crippen MR) is 80.6 cm³/mol. The molecule has 0 fully saturated rings. The average molecular weight is 306 g/mol. The highest BCUT2D eigenvalue weighted by molar-refractivity contribution is 6.30. The van der Waals surface area contributed by atoms with Crippen molar-refractivity contribution in [2.75, 3.05) is 29.9 Å². The minimum Gasteiger partial charge on any atom is -0.371 e. The van der Waals surface area contributed by atoms with Crippen molar-refractivity contribution in [2.45, 2.75) is 0 Å². The Bertz CT molecular complexity index is 690. The quantitative estimate of drug-likeness (QED) is 0.813. The highest BCUT2D eigenvalue weighted by Crippen LogP contribution is 2.33. The Balaban J connectivity index is 1.99. The third kappa shape index (κ3) is 2.56. The normalized spacial score (nSPS) is 14.0. The van der Waals surface area contributed by atoms with Crippen LogP contribution in [0.15, 0.2) is 36.5 Å². The largest absolute Gasteiger partial charge is 0.371 e. The Hall–Kier alpha value is -2.14. The van der Waals surface area contributed by atoms with E-state index in [1.54, 1.807) is 23.1 Å². The van der Waals surface area contributed by atoms with E-state index in [0.29, 0.717) is 35.2 Å². The summed E-state index contributed by atoms with van der Waals surface area (Å²) in [5.74, 6) is -0.535. The fourth-order valence-electron chi connectivity index (χ4n) is 2.37. The number of fused-ring (bicyclic) bond motifs is 1. The maximum atomic E-state index is 13.4. The number of hydrogen-bond donors (Lipinski definition) is 0. The molecular weight excluding hydrogens is 293 g/mol. The van der Waals surface area contributed by atoms with E-state index in [1.165, 1.54) is 18.3 Å². The molecule has 0 saturated heterocycles. The average Bonchev–Trinajstić information content (AvgIpc) is 2.48. The summed E-state index contributed by atoms with van der Waals surface area (Å²) in [6.07, 6.45) is 1.44. The summed E-state index contributed by atoms with van der Waals surface area (Å²) in [6.45, 7) is 1.16. The lowest BCUT2D eigenvalue weighted by atomic mass is 10.1. The van der Waals surface area contributed by atoms with Gasteiger partial charge in [-0.25, -0.2) is 9.37 Å². The number of nitrogens with zero attached hydrogens (tertiary/aromatic N) is 3. The molecule has 0 N–H and O–H groups in total. The van der Waals surface area contributed by atoms with Gasteiger partial charge >= 0.3 is 0 Å². The van der Waals surface area contributed by atoms with Crippen molar-refractivity contribution in [1.29, 1.82) is 0 Å². The van der Waals surface area contributed by atoms with Gasteiger partial charge < -0.3 is 9.80 Å². The number of carbonyl (C=O) groups excluding carboxylic acids is 1. The summed E-state index contributed by atoms with van der Waals surface area (Å²) in [6, 6.07) is 7.63. The van der Waals surface area contributed by atoms with Gasteiger partial charge in [0.15, 0.2) is 0 Å². The summed E-state index contributed by atoms with van der Waals surface area (Å²) in [5.41, 5.74) is 1.70. The van der Waals surface area contributed by atoms with Crippen LogP contribution in [-0.4, -0.2) is 31.0 Å². The Morgan fingerprint density at radius 2 is 2.05 bits per heavy atom. The fourth-order valence-corrected chi connectivity index (χ4v) is 2.48. The highest BCUT2D eigenvalue weighted by Gasteiger charge is 2.26. The molecule has 6 heteroatoms. The molecule has 0 bridgehead atoms. The van der Waals surface area contributed by atoms with E-state index >= 15 is 0 Å². The number of benzene rings is 1. The first kappa shape index (κ1) is 13.8. The van der Waals surface area contributed by atoms with Crippen LogP contribution in [-0.2, 0) is 0 Å². The fraction of sp³-hybridized carbons (Fsp3) is 0.200. The van der Waals surface area contributed by atoms with E-state index in [2.05, 4.69) is 4.98 Å². The summed E-state index contributed by atoms with van der Waals surface area (Å²) in [5, 5.41) is 0.479. The second-order valence-electron chi connectivity index (χ2n) is 4.87. The number of amides is 1. The number of rotatable bonds is 1. The number of halogens is 2. The molecule has 3 rings (SSSR count). The number of carbonyl (C=O) groups is 1. The van der Waals surface area contributed by atoms with Gasteiger partial charge in [-0.2, -0.15) is 0 Å². The van der Waals surface area contributed by atoms with Crippen LogP contribution in [0.1, 0.15) is 10.5 Å². The highest BCUT2D eigenvalue weighted by atomic mass is 35.5. The molecule has 0 radical (unpaired) electrons. The van der Waals surface area contributed by atoms with E-state index < -0.39 is 0 Å². The lowest BCUT2D eigenvalue weighted by molar-refractivity contribution is 0.0982. The molecule has 21 heavy (non-hydrogen) atoms. The number of hydrogen-bond acceptors (Lipinski definition) is 3. The molecule has 1 aromatic heterocycles. The molecule has 0 unspecified atom stereocenters. The van der Waals surface area contributed by atoms with Crippen LogP contribution < -0.4 is 9.80 Å². The molecule has 2 aromatic rings. The molecular formula is C15H13ClFN3O. The number of pyridine rings is 1. The zero-order valence-electron chi connectivity index (χ0n) is 11.4. The zero-order chi connectivity index (χ0) is 15.0. The van der Waals surface area contributed by atoms with Crippen LogP contribution >= 0.6 is 11.6 Å². The predicted octanol–water partition coefficient (Wildman–Crippen LogP) is 2.97. The number of likely N-dealkylation sites (N-methyl/N-ethyl adjacent to an activating group) is 1. The molecule has 1 aliphatic rings. The zero-order valence-corrected chi connectivity index (χ0v) is 12.1. The minimum atomic E-state index is -0.320. The molecule has 108 valence electrons. The number of aromatic nitrogens is 1. The smallest absolute Gasteiger partial charge is 0.276 e. The molecule has 0 spiro atoms. The van der Waals surface area contributed by atoms with Gasteiger partial charge in [-0.1, -0.05) is 11.6 Å². The Kier molecular flexibility index (Phi) is 3.51. The van der Waals surface area contributed by atoms with Crippen LogP contribution in [0.3, 0.4) is 0 Å². The first-order chi connectivity index (χ1) is 10.1. The van der Waals surface area contributed by atoms with E-state index in [0.717, 1.165) is 0 Å². The summed E-state index contributed by atoms with van der Waals surface area (Å²) in [4.78, 5) is 20.2. The van der Waals surface area contributed by atoms with Crippen molar-refractivity contribution in [3.05, 3.63) is 53.1 Å². The van der Waals surface area contributed by atoms with Gasteiger partial charge in [-0.15, -0.1) is 0 Å². The standard InChI is InChI=1S/C15H13ClFN3O/c1-19-6-7-20(13-5-3-11(17)8-14(13)19)15(21)12-4-2-10(16)9-18-12/h2-5,8-9H,6-7H2,1H3. The van der Waals surface area contributed by atoms with Gasteiger partial charge in [0.1, 0.15) is 11.5 Å². The molecule has 2 heterocycles. The second-order valence-corrected chi connectivity index (χ2v) is 5.31. The van der Waals surface area contributed by atoms with Gasteiger partial charge in [0.2, 0.25) is 0 Å². The van der Waals surface area contributed by atoms with Crippen molar-refractivity contribution in [1.82, 2.24) is 4.98 Å². The maximum absolute atomic E-state index is 13.4. The lowest BCUT2D eigenvalue weighted by Crippen LogP contribution is -2.43. The molecule has 0 aliphatic carbocycles. The molecule has 1 aromatic carbocycles. The molecule has 0 saturated carbocycles. The van der Waals surface area contributed by atoms with Gasteiger partial charge in [0, 0.05) is 26.3 Å². The summed E-state index contributed by atoms with van der Waals surface area (Å²) < 4.78 is 13.4. The topological polar surface area (TPSA) is 36.4 Å². The van der Waals surface area contributed by atoms with Crippen molar-refractivity contribution < 1.29 is 9.18 Å². The molecule has 1 aliphatic heterocycles. The van der Waals surface area contributed by atoms with Gasteiger partial charge in [-0.3, -0.25) is 4.79 Å². The molecule has 4 nitrogen and oxygen atoms in total. The van der Waals surface area contributed by atoms with Crippen LogP contribution in [0.25, 0.3) is 0 Å². The first-order valence-corrected chi connectivity index (χ1v) is 6.88. The summed E-state index contributed by atoms with van der Waals surface area (Å²) in [7, 11) is 1.88. The van der Waals surface area contributed by atoms with Crippen molar-refractivity contribution in [3.8, 4) is 0 Å². The third-order valence-corrected chi connectivity index (χ3v) is 3.71.